The van der Waals surface area contributed by atoms with Crippen molar-refractivity contribution in [3.63, 3.8) is 0 Å². The van der Waals surface area contributed by atoms with Crippen LogP contribution in [-0.2, 0) is 17.6 Å². The van der Waals surface area contributed by atoms with E-state index in [0.717, 1.165) is 36.7 Å². The van der Waals surface area contributed by atoms with E-state index in [1.807, 2.05) is 6.07 Å². The minimum atomic E-state index is -0.129. The van der Waals surface area contributed by atoms with Crippen LogP contribution in [0.25, 0.3) is 0 Å². The molecule has 2 amide bonds. The van der Waals surface area contributed by atoms with Crippen molar-refractivity contribution in [1.82, 2.24) is 15.5 Å². The lowest BCUT2D eigenvalue weighted by Crippen LogP contribution is -2.55. The molecule has 3 rings (SSSR count). The average Bonchev–Trinajstić information content (AvgIpc) is 3.15. The quantitative estimate of drug-likeness (QED) is 0.731. The number of piperidine rings is 1. The van der Waals surface area contributed by atoms with Crippen molar-refractivity contribution in [1.29, 1.82) is 0 Å². The highest BCUT2D eigenvalue weighted by Crippen LogP contribution is 2.29. The van der Waals surface area contributed by atoms with Gasteiger partial charge in [0.05, 0.1) is 11.4 Å². The van der Waals surface area contributed by atoms with Gasteiger partial charge in [0.1, 0.15) is 0 Å². The highest BCUT2D eigenvalue weighted by atomic mass is 32.1. The third kappa shape index (κ3) is 5.35. The number of nitrogens with zero attached hydrogens (tertiary/aromatic N) is 1. The van der Waals surface area contributed by atoms with Gasteiger partial charge in [-0.1, -0.05) is 13.3 Å². The summed E-state index contributed by atoms with van der Waals surface area (Å²) in [7, 11) is 0. The molecule has 2 heterocycles. The van der Waals surface area contributed by atoms with Crippen LogP contribution >= 0.6 is 11.3 Å². The zero-order chi connectivity index (χ0) is 20.1. The molecule has 1 aliphatic carbocycles. The molecule has 1 saturated heterocycles. The van der Waals surface area contributed by atoms with Gasteiger partial charge in [0.2, 0.25) is 5.91 Å². The Balaban J connectivity index is 1.43. The second-order valence-corrected chi connectivity index (χ2v) is 10.0. The smallest absolute Gasteiger partial charge is 0.261 e. The SMILES string of the molecule is CCC1CCCN(C(C)(C)CNC(=O)CNC(=O)c2cc3c(s2)CCCC3)C1. The van der Waals surface area contributed by atoms with E-state index >= 15 is 0 Å². The van der Waals surface area contributed by atoms with Gasteiger partial charge in [-0.25, -0.2) is 0 Å². The molecule has 28 heavy (non-hydrogen) atoms. The van der Waals surface area contributed by atoms with Gasteiger partial charge in [-0.2, -0.15) is 0 Å². The van der Waals surface area contributed by atoms with Crippen molar-refractivity contribution < 1.29 is 9.59 Å². The Morgan fingerprint density at radius 1 is 1.21 bits per heavy atom. The van der Waals surface area contributed by atoms with Crippen molar-refractivity contribution in [2.24, 2.45) is 5.92 Å². The fraction of sp³-hybridized carbons (Fsp3) is 0.727. The molecule has 1 aromatic heterocycles. The van der Waals surface area contributed by atoms with E-state index in [0.29, 0.717) is 6.54 Å². The second kappa shape index (κ2) is 9.40. The van der Waals surface area contributed by atoms with Gasteiger partial charge in [-0.05, 0) is 76.5 Å². The van der Waals surface area contributed by atoms with Crippen molar-refractivity contribution >= 4 is 23.2 Å². The van der Waals surface area contributed by atoms with E-state index in [1.165, 1.54) is 42.5 Å². The number of rotatable bonds is 7. The molecule has 1 fully saturated rings. The molecule has 0 radical (unpaired) electrons. The van der Waals surface area contributed by atoms with Crippen LogP contribution in [0.2, 0.25) is 0 Å². The first kappa shape index (κ1) is 21.3. The molecular formula is C22H35N3O2S. The van der Waals surface area contributed by atoms with Crippen LogP contribution in [0.4, 0.5) is 0 Å². The van der Waals surface area contributed by atoms with Crippen LogP contribution in [0, 0.1) is 5.92 Å². The van der Waals surface area contributed by atoms with Crippen molar-refractivity contribution in [2.75, 3.05) is 26.2 Å². The van der Waals surface area contributed by atoms with Crippen molar-refractivity contribution in [2.45, 2.75) is 71.3 Å². The predicted octanol–water partition coefficient (Wildman–Crippen LogP) is 3.37. The molecule has 1 unspecified atom stereocenters. The number of thiophene rings is 1. The first-order valence-corrected chi connectivity index (χ1v) is 11.6. The van der Waals surface area contributed by atoms with Crippen LogP contribution in [0.3, 0.4) is 0 Å². The Kier molecular flexibility index (Phi) is 7.15. The number of nitrogens with one attached hydrogen (secondary N) is 2. The van der Waals surface area contributed by atoms with E-state index < -0.39 is 0 Å². The van der Waals surface area contributed by atoms with Gasteiger partial charge in [0.15, 0.2) is 0 Å². The monoisotopic (exact) mass is 405 g/mol. The third-order valence-electron chi connectivity index (χ3n) is 6.30. The fourth-order valence-corrected chi connectivity index (χ4v) is 5.46. The normalized spacial score (nSPS) is 20.5. The molecule has 2 aliphatic rings. The Morgan fingerprint density at radius 3 is 2.75 bits per heavy atom. The second-order valence-electron chi connectivity index (χ2n) is 8.90. The number of aryl methyl sites for hydroxylation is 2. The van der Waals surface area contributed by atoms with Gasteiger partial charge in [-0.15, -0.1) is 11.3 Å². The van der Waals surface area contributed by atoms with Gasteiger partial charge >= 0.3 is 0 Å². The Labute approximate surface area is 173 Å². The number of fused-ring (bicyclic) bond motifs is 1. The predicted molar refractivity (Wildman–Crippen MR) is 115 cm³/mol. The number of carbonyl (C=O) groups is 2. The maximum absolute atomic E-state index is 12.4. The molecule has 6 heteroatoms. The summed E-state index contributed by atoms with van der Waals surface area (Å²) in [6.45, 7) is 9.49. The van der Waals surface area contributed by atoms with Crippen LogP contribution in [0.1, 0.15) is 73.0 Å². The number of hydrogen-bond acceptors (Lipinski definition) is 4. The first-order chi connectivity index (χ1) is 13.4. The highest BCUT2D eigenvalue weighted by molar-refractivity contribution is 7.14. The van der Waals surface area contributed by atoms with Crippen molar-refractivity contribution in [3.05, 3.63) is 21.4 Å². The third-order valence-corrected chi connectivity index (χ3v) is 7.54. The van der Waals surface area contributed by atoms with Gasteiger partial charge in [0.25, 0.3) is 5.91 Å². The summed E-state index contributed by atoms with van der Waals surface area (Å²) in [6.07, 6.45) is 8.34. The minimum Gasteiger partial charge on any atom is -0.353 e. The fourth-order valence-electron chi connectivity index (χ4n) is 4.29. The Bertz CT molecular complexity index is 674. The van der Waals surface area contributed by atoms with Crippen LogP contribution in [-0.4, -0.2) is 48.4 Å². The number of amides is 2. The van der Waals surface area contributed by atoms with Gasteiger partial charge in [-0.3, -0.25) is 14.5 Å². The summed E-state index contributed by atoms with van der Waals surface area (Å²) in [6, 6.07) is 2.01. The van der Waals surface area contributed by atoms with E-state index in [9.17, 15) is 9.59 Å². The maximum Gasteiger partial charge on any atom is 0.261 e. The molecular weight excluding hydrogens is 370 g/mol. The molecule has 0 aromatic carbocycles. The van der Waals surface area contributed by atoms with Crippen molar-refractivity contribution in [3.8, 4) is 0 Å². The molecule has 0 saturated carbocycles. The first-order valence-electron chi connectivity index (χ1n) is 10.8. The largest absolute Gasteiger partial charge is 0.353 e. The van der Waals surface area contributed by atoms with Gasteiger partial charge in [0, 0.05) is 23.5 Å². The summed E-state index contributed by atoms with van der Waals surface area (Å²) >= 11 is 1.58. The molecule has 1 aromatic rings. The summed E-state index contributed by atoms with van der Waals surface area (Å²) in [5.74, 6) is 0.516. The van der Waals surface area contributed by atoms with Crippen LogP contribution in [0.5, 0.6) is 0 Å². The Hall–Kier alpha value is -1.40. The summed E-state index contributed by atoms with van der Waals surface area (Å²) in [4.78, 5) is 29.3. The van der Waals surface area contributed by atoms with E-state index in [2.05, 4.69) is 36.3 Å². The minimum absolute atomic E-state index is 0.0368. The summed E-state index contributed by atoms with van der Waals surface area (Å²) < 4.78 is 0. The number of hydrogen-bond donors (Lipinski definition) is 2. The average molecular weight is 406 g/mol. The molecule has 5 nitrogen and oxygen atoms in total. The molecule has 156 valence electrons. The van der Waals surface area contributed by atoms with Gasteiger partial charge < -0.3 is 10.6 Å². The lowest BCUT2D eigenvalue weighted by Gasteiger charge is -2.43. The number of carbonyl (C=O) groups excluding carboxylic acids is 2. The van der Waals surface area contributed by atoms with E-state index in [1.54, 1.807) is 11.3 Å². The standard InChI is InChI=1S/C22H35N3O2S/c1-4-16-8-7-11-25(14-16)22(2,3)15-24-20(26)13-23-21(27)19-12-17-9-5-6-10-18(17)28-19/h12,16H,4-11,13-15H2,1-3H3,(H,23,27)(H,24,26). The van der Waals surface area contributed by atoms with E-state index in [-0.39, 0.29) is 23.9 Å². The van der Waals surface area contributed by atoms with E-state index in [4.69, 9.17) is 0 Å². The lowest BCUT2D eigenvalue weighted by atomic mass is 9.91. The topological polar surface area (TPSA) is 61.4 Å². The molecule has 0 spiro atoms. The lowest BCUT2D eigenvalue weighted by molar-refractivity contribution is -0.120. The Morgan fingerprint density at radius 2 is 2.00 bits per heavy atom. The number of likely N-dealkylation sites (tertiary alicyclic amines) is 1. The zero-order valence-corrected chi connectivity index (χ0v) is 18.4. The maximum atomic E-state index is 12.4. The summed E-state index contributed by atoms with van der Waals surface area (Å²) in [5.41, 5.74) is 1.25. The molecule has 0 bridgehead atoms. The molecule has 1 atom stereocenters. The highest BCUT2D eigenvalue weighted by Gasteiger charge is 2.31. The van der Waals surface area contributed by atoms with Crippen LogP contribution in [0.15, 0.2) is 6.07 Å². The molecule has 2 N–H and O–H groups in total. The molecule has 1 aliphatic heterocycles. The summed E-state index contributed by atoms with van der Waals surface area (Å²) in [5, 5.41) is 5.80. The zero-order valence-electron chi connectivity index (χ0n) is 17.6. The van der Waals surface area contributed by atoms with Crippen LogP contribution < -0.4 is 10.6 Å².